The molecular formula is C26H32N2O5. The Hall–Kier alpha value is -3.16. The van der Waals surface area contributed by atoms with Crippen LogP contribution < -0.4 is 9.64 Å². The van der Waals surface area contributed by atoms with Crippen molar-refractivity contribution in [3.8, 4) is 5.75 Å². The average molecular weight is 453 g/mol. The third-order valence-corrected chi connectivity index (χ3v) is 5.71. The largest absolute Gasteiger partial charge is 0.494 e. The Kier molecular flexibility index (Phi) is 8.25. The summed E-state index contributed by atoms with van der Waals surface area (Å²) in [5.74, 6) is 0.0170. The fourth-order valence-corrected chi connectivity index (χ4v) is 3.79. The van der Waals surface area contributed by atoms with E-state index >= 15 is 0 Å². The fraction of sp³-hybridized carbons (Fsp3) is 0.385. The van der Waals surface area contributed by atoms with E-state index in [0.29, 0.717) is 61.2 Å². The second kappa shape index (κ2) is 11.1. The zero-order chi connectivity index (χ0) is 24.0. The summed E-state index contributed by atoms with van der Waals surface area (Å²) >= 11 is 0. The smallest absolute Gasteiger partial charge is 0.282 e. The van der Waals surface area contributed by atoms with Gasteiger partial charge in [-0.1, -0.05) is 18.2 Å². The number of imide groups is 1. The van der Waals surface area contributed by atoms with E-state index in [9.17, 15) is 9.59 Å². The van der Waals surface area contributed by atoms with Gasteiger partial charge in [0.1, 0.15) is 11.4 Å². The van der Waals surface area contributed by atoms with E-state index in [0.717, 1.165) is 11.1 Å². The number of ether oxygens (including phenoxy) is 3. The Labute approximate surface area is 195 Å². The topological polar surface area (TPSA) is 68.3 Å². The number of carbonyl (C=O) groups excluding carboxylic acids is 2. The molecule has 0 radical (unpaired) electrons. The van der Waals surface area contributed by atoms with Crippen LogP contribution in [0.5, 0.6) is 5.75 Å². The van der Waals surface area contributed by atoms with Crippen molar-refractivity contribution in [3.05, 3.63) is 64.9 Å². The van der Waals surface area contributed by atoms with Gasteiger partial charge in [-0.3, -0.25) is 9.59 Å². The molecule has 0 spiro atoms. The molecule has 0 atom stereocenters. The molecule has 2 aromatic rings. The van der Waals surface area contributed by atoms with Crippen LogP contribution in [0.25, 0.3) is 5.57 Å². The predicted molar refractivity (Wildman–Crippen MR) is 128 cm³/mol. The average Bonchev–Trinajstić information content (AvgIpc) is 3.06. The molecule has 1 aliphatic rings. The molecule has 0 bridgehead atoms. The van der Waals surface area contributed by atoms with Crippen molar-refractivity contribution in [2.24, 2.45) is 0 Å². The number of rotatable bonds is 11. The van der Waals surface area contributed by atoms with E-state index in [2.05, 4.69) is 0 Å². The second-order valence-corrected chi connectivity index (χ2v) is 7.87. The van der Waals surface area contributed by atoms with Crippen LogP contribution in [0.4, 0.5) is 5.69 Å². The Morgan fingerprint density at radius 3 is 2.03 bits per heavy atom. The molecule has 1 heterocycles. The van der Waals surface area contributed by atoms with Crippen LogP contribution in [0.3, 0.4) is 0 Å². The summed E-state index contributed by atoms with van der Waals surface area (Å²) in [5.41, 5.74) is 4.06. The number of carbonyl (C=O) groups is 2. The first-order valence-corrected chi connectivity index (χ1v) is 11.1. The van der Waals surface area contributed by atoms with Crippen molar-refractivity contribution in [1.29, 1.82) is 0 Å². The molecule has 176 valence electrons. The van der Waals surface area contributed by atoms with Gasteiger partial charge in [0.25, 0.3) is 11.8 Å². The summed E-state index contributed by atoms with van der Waals surface area (Å²) in [7, 11) is 3.22. The van der Waals surface area contributed by atoms with E-state index in [1.807, 2.05) is 68.1 Å². The third-order valence-electron chi connectivity index (χ3n) is 5.71. The normalized spacial score (nSPS) is 13.8. The van der Waals surface area contributed by atoms with Gasteiger partial charge in [0, 0.05) is 27.3 Å². The monoisotopic (exact) mass is 452 g/mol. The molecule has 2 amide bonds. The number of aryl methyl sites for hydroxylation is 2. The summed E-state index contributed by atoms with van der Waals surface area (Å²) in [6.45, 7) is 8.16. The van der Waals surface area contributed by atoms with Crippen molar-refractivity contribution in [2.45, 2.75) is 20.8 Å². The summed E-state index contributed by atoms with van der Waals surface area (Å²) in [5, 5.41) is 0. The van der Waals surface area contributed by atoms with Gasteiger partial charge in [-0.05, 0) is 61.7 Å². The van der Waals surface area contributed by atoms with Crippen LogP contribution in [0, 0.1) is 13.8 Å². The number of benzene rings is 2. The number of hydrogen-bond acceptors (Lipinski definition) is 6. The molecular weight excluding hydrogens is 420 g/mol. The second-order valence-electron chi connectivity index (χ2n) is 7.87. The molecule has 0 aliphatic carbocycles. The predicted octanol–water partition coefficient (Wildman–Crippen LogP) is 3.58. The summed E-state index contributed by atoms with van der Waals surface area (Å²) in [6.07, 6.45) is 0. The molecule has 3 rings (SSSR count). The maximum absolute atomic E-state index is 13.7. The first-order chi connectivity index (χ1) is 15.9. The summed E-state index contributed by atoms with van der Waals surface area (Å²) in [4.78, 5) is 30.6. The van der Waals surface area contributed by atoms with E-state index in [-0.39, 0.29) is 11.8 Å². The van der Waals surface area contributed by atoms with Gasteiger partial charge in [-0.2, -0.15) is 0 Å². The molecule has 1 aliphatic heterocycles. The standard InChI is InChI=1S/C26H32N2O5/c1-6-33-22-11-8-20(9-12-22)23-24(27(13-15-31-4)14-16-32-5)26(30)28(25(23)29)21-10-7-18(2)19(3)17-21/h7-12,17H,6,13-16H2,1-5H3. The number of methoxy groups -OCH3 is 2. The first-order valence-electron chi connectivity index (χ1n) is 11.1. The summed E-state index contributed by atoms with van der Waals surface area (Å²) in [6, 6.07) is 12.9. The van der Waals surface area contributed by atoms with Crippen molar-refractivity contribution in [1.82, 2.24) is 4.90 Å². The van der Waals surface area contributed by atoms with Crippen molar-refractivity contribution in [2.75, 3.05) is 52.0 Å². The van der Waals surface area contributed by atoms with Crippen LogP contribution >= 0.6 is 0 Å². The molecule has 0 fully saturated rings. The minimum Gasteiger partial charge on any atom is -0.494 e. The highest BCUT2D eigenvalue weighted by molar-refractivity contribution is 6.45. The van der Waals surface area contributed by atoms with Crippen LogP contribution in [-0.2, 0) is 19.1 Å². The Morgan fingerprint density at radius 2 is 1.48 bits per heavy atom. The minimum atomic E-state index is -0.348. The number of amides is 2. The molecule has 0 saturated carbocycles. The van der Waals surface area contributed by atoms with Crippen LogP contribution in [0.2, 0.25) is 0 Å². The molecule has 0 unspecified atom stereocenters. The molecule has 2 aromatic carbocycles. The Bertz CT molecular complexity index is 1020. The van der Waals surface area contributed by atoms with E-state index in [4.69, 9.17) is 14.2 Å². The minimum absolute atomic E-state index is 0.345. The lowest BCUT2D eigenvalue weighted by atomic mass is 10.0. The van der Waals surface area contributed by atoms with Gasteiger partial charge < -0.3 is 19.1 Å². The summed E-state index contributed by atoms with van der Waals surface area (Å²) < 4.78 is 16.1. The fourth-order valence-electron chi connectivity index (χ4n) is 3.79. The zero-order valence-electron chi connectivity index (χ0n) is 20.0. The lowest BCUT2D eigenvalue weighted by Gasteiger charge is -2.25. The van der Waals surface area contributed by atoms with Gasteiger partial charge in [0.05, 0.1) is 31.1 Å². The lowest BCUT2D eigenvalue weighted by molar-refractivity contribution is -0.120. The van der Waals surface area contributed by atoms with E-state index in [1.54, 1.807) is 14.2 Å². The third kappa shape index (κ3) is 5.26. The van der Waals surface area contributed by atoms with E-state index < -0.39 is 0 Å². The number of anilines is 1. The highest BCUT2D eigenvalue weighted by Crippen LogP contribution is 2.36. The van der Waals surface area contributed by atoms with Gasteiger partial charge in [0.15, 0.2) is 0 Å². The Morgan fingerprint density at radius 1 is 0.848 bits per heavy atom. The van der Waals surface area contributed by atoms with Gasteiger partial charge in [-0.25, -0.2) is 4.90 Å². The highest BCUT2D eigenvalue weighted by Gasteiger charge is 2.42. The molecule has 33 heavy (non-hydrogen) atoms. The van der Waals surface area contributed by atoms with Crippen LogP contribution in [-0.4, -0.2) is 63.8 Å². The number of nitrogens with zero attached hydrogens (tertiary/aromatic N) is 2. The first kappa shape index (κ1) is 24.5. The van der Waals surface area contributed by atoms with Gasteiger partial charge in [0.2, 0.25) is 0 Å². The van der Waals surface area contributed by atoms with Crippen molar-refractivity contribution >= 4 is 23.1 Å². The van der Waals surface area contributed by atoms with Crippen LogP contribution in [0.1, 0.15) is 23.6 Å². The molecule has 7 heteroatoms. The van der Waals surface area contributed by atoms with Gasteiger partial charge >= 0.3 is 0 Å². The molecule has 0 aromatic heterocycles. The zero-order valence-corrected chi connectivity index (χ0v) is 20.0. The highest BCUT2D eigenvalue weighted by atomic mass is 16.5. The Balaban J connectivity index is 2.11. The molecule has 0 N–H and O–H groups in total. The van der Waals surface area contributed by atoms with Crippen LogP contribution in [0.15, 0.2) is 48.2 Å². The lowest BCUT2D eigenvalue weighted by Crippen LogP contribution is -2.37. The number of hydrogen-bond donors (Lipinski definition) is 0. The maximum atomic E-state index is 13.7. The van der Waals surface area contributed by atoms with E-state index in [1.165, 1.54) is 4.90 Å². The molecule has 7 nitrogen and oxygen atoms in total. The SMILES string of the molecule is CCOc1ccc(C2=C(N(CCOC)CCOC)C(=O)N(c3ccc(C)c(C)c3)C2=O)cc1. The van der Waals surface area contributed by atoms with Crippen molar-refractivity contribution < 1.29 is 23.8 Å². The maximum Gasteiger partial charge on any atom is 0.282 e. The van der Waals surface area contributed by atoms with Gasteiger partial charge in [-0.15, -0.1) is 0 Å². The quantitative estimate of drug-likeness (QED) is 0.486. The molecule has 0 saturated heterocycles. The van der Waals surface area contributed by atoms with Crippen molar-refractivity contribution in [3.63, 3.8) is 0 Å².